The van der Waals surface area contributed by atoms with E-state index in [9.17, 15) is 9.59 Å². The number of aromatic nitrogens is 1. The zero-order valence-electron chi connectivity index (χ0n) is 14.8. The number of hydrogen-bond acceptors (Lipinski definition) is 2. The van der Waals surface area contributed by atoms with Gasteiger partial charge in [-0.05, 0) is 55.8 Å². The molecular formula is C20H20ClN3O2. The minimum atomic E-state index is -0.785. The molecule has 3 rings (SSSR count). The van der Waals surface area contributed by atoms with Crippen LogP contribution < -0.4 is 10.6 Å². The fourth-order valence-electron chi connectivity index (χ4n) is 2.90. The number of anilines is 2. The summed E-state index contributed by atoms with van der Waals surface area (Å²) < 4.78 is 0. The predicted octanol–water partition coefficient (Wildman–Crippen LogP) is 4.70. The van der Waals surface area contributed by atoms with Crippen molar-refractivity contribution in [1.82, 2.24) is 4.98 Å². The second kappa shape index (κ2) is 6.84. The second-order valence-electron chi connectivity index (χ2n) is 6.73. The van der Waals surface area contributed by atoms with Crippen molar-refractivity contribution in [2.45, 2.75) is 26.2 Å². The standard InChI is InChI=1S/C20H20ClN3O2/c1-12(25)23-14-5-4-6-15(10-14)24-19(26)20(2,3)17-11-22-18-8-7-13(21)9-16(17)18/h4-11,22H,1-3H3,(H,23,25)(H,24,26). The molecule has 0 fully saturated rings. The van der Waals surface area contributed by atoms with Crippen LogP contribution >= 0.6 is 11.6 Å². The summed E-state index contributed by atoms with van der Waals surface area (Å²) in [5, 5.41) is 7.18. The fraction of sp³-hybridized carbons (Fsp3) is 0.200. The minimum absolute atomic E-state index is 0.154. The highest BCUT2D eigenvalue weighted by Crippen LogP contribution is 2.33. The van der Waals surface area contributed by atoms with E-state index in [1.807, 2.05) is 38.2 Å². The van der Waals surface area contributed by atoms with E-state index in [2.05, 4.69) is 15.6 Å². The van der Waals surface area contributed by atoms with Gasteiger partial charge in [-0.1, -0.05) is 17.7 Å². The molecule has 1 heterocycles. The van der Waals surface area contributed by atoms with Gasteiger partial charge in [0.05, 0.1) is 5.41 Å². The Labute approximate surface area is 156 Å². The number of carbonyl (C=O) groups is 2. The summed E-state index contributed by atoms with van der Waals surface area (Å²) in [6, 6.07) is 12.6. The summed E-state index contributed by atoms with van der Waals surface area (Å²) in [6.45, 7) is 5.17. The van der Waals surface area contributed by atoms with Crippen LogP contribution in [-0.4, -0.2) is 16.8 Å². The molecule has 3 aromatic rings. The molecule has 1 aromatic heterocycles. The third-order valence-corrected chi connectivity index (χ3v) is 4.56. The van der Waals surface area contributed by atoms with E-state index < -0.39 is 5.41 Å². The minimum Gasteiger partial charge on any atom is -0.361 e. The van der Waals surface area contributed by atoms with Crippen LogP contribution in [0.4, 0.5) is 11.4 Å². The molecule has 0 saturated carbocycles. The average Bonchev–Trinajstić information content (AvgIpc) is 2.98. The Balaban J connectivity index is 1.88. The lowest BCUT2D eigenvalue weighted by atomic mass is 9.83. The number of carbonyl (C=O) groups excluding carboxylic acids is 2. The Hall–Kier alpha value is -2.79. The van der Waals surface area contributed by atoms with Gasteiger partial charge in [0.2, 0.25) is 11.8 Å². The predicted molar refractivity (Wildman–Crippen MR) is 106 cm³/mol. The molecule has 134 valence electrons. The zero-order valence-corrected chi connectivity index (χ0v) is 15.6. The summed E-state index contributed by atoms with van der Waals surface area (Å²) in [7, 11) is 0. The van der Waals surface area contributed by atoms with E-state index in [1.165, 1.54) is 6.92 Å². The third-order valence-electron chi connectivity index (χ3n) is 4.33. The van der Waals surface area contributed by atoms with Gasteiger partial charge < -0.3 is 15.6 Å². The highest BCUT2D eigenvalue weighted by atomic mass is 35.5. The van der Waals surface area contributed by atoms with Gasteiger partial charge in [-0.25, -0.2) is 0 Å². The summed E-state index contributed by atoms with van der Waals surface area (Å²) in [6.07, 6.45) is 1.84. The number of rotatable bonds is 4. The molecule has 0 saturated heterocycles. The lowest BCUT2D eigenvalue weighted by Crippen LogP contribution is -2.34. The van der Waals surface area contributed by atoms with Gasteiger partial charge in [0, 0.05) is 40.4 Å². The van der Waals surface area contributed by atoms with Crippen molar-refractivity contribution in [1.29, 1.82) is 0 Å². The molecule has 0 aliphatic carbocycles. The molecule has 2 aromatic carbocycles. The monoisotopic (exact) mass is 369 g/mol. The first-order valence-electron chi connectivity index (χ1n) is 8.23. The van der Waals surface area contributed by atoms with E-state index in [4.69, 9.17) is 11.6 Å². The first-order chi connectivity index (χ1) is 12.3. The first kappa shape index (κ1) is 18.0. The lowest BCUT2D eigenvalue weighted by Gasteiger charge is -2.23. The summed E-state index contributed by atoms with van der Waals surface area (Å²) in [4.78, 5) is 27.3. The van der Waals surface area contributed by atoms with E-state index in [0.29, 0.717) is 16.4 Å². The molecule has 0 aliphatic rings. The summed E-state index contributed by atoms with van der Waals surface area (Å²) in [5.74, 6) is -0.317. The van der Waals surface area contributed by atoms with E-state index in [0.717, 1.165) is 16.5 Å². The second-order valence-corrected chi connectivity index (χ2v) is 7.17. The lowest BCUT2D eigenvalue weighted by molar-refractivity contribution is -0.120. The molecule has 0 unspecified atom stereocenters. The van der Waals surface area contributed by atoms with E-state index >= 15 is 0 Å². The molecule has 6 heteroatoms. The van der Waals surface area contributed by atoms with Gasteiger partial charge in [0.15, 0.2) is 0 Å². The Morgan fingerprint density at radius 2 is 1.73 bits per heavy atom. The molecular weight excluding hydrogens is 350 g/mol. The van der Waals surface area contributed by atoms with Crippen LogP contribution in [0.25, 0.3) is 10.9 Å². The van der Waals surface area contributed by atoms with Crippen LogP contribution in [0.3, 0.4) is 0 Å². The summed E-state index contributed by atoms with van der Waals surface area (Å²) >= 11 is 6.12. The van der Waals surface area contributed by atoms with Gasteiger partial charge in [0.1, 0.15) is 0 Å². The maximum atomic E-state index is 12.9. The van der Waals surface area contributed by atoms with Crippen molar-refractivity contribution >= 4 is 45.7 Å². The quantitative estimate of drug-likeness (QED) is 0.623. The van der Waals surface area contributed by atoms with Crippen LogP contribution in [0, 0.1) is 0 Å². The van der Waals surface area contributed by atoms with Gasteiger partial charge in [-0.3, -0.25) is 9.59 Å². The molecule has 0 atom stereocenters. The highest BCUT2D eigenvalue weighted by molar-refractivity contribution is 6.31. The van der Waals surface area contributed by atoms with Gasteiger partial charge >= 0.3 is 0 Å². The van der Waals surface area contributed by atoms with Gasteiger partial charge in [-0.15, -0.1) is 0 Å². The zero-order chi connectivity index (χ0) is 18.9. The van der Waals surface area contributed by atoms with Crippen LogP contribution in [0.5, 0.6) is 0 Å². The number of fused-ring (bicyclic) bond motifs is 1. The Bertz CT molecular complexity index is 992. The van der Waals surface area contributed by atoms with Crippen molar-refractivity contribution in [3.05, 3.63) is 59.2 Å². The number of nitrogens with one attached hydrogen (secondary N) is 3. The number of hydrogen-bond donors (Lipinski definition) is 3. The highest BCUT2D eigenvalue weighted by Gasteiger charge is 2.32. The molecule has 0 bridgehead atoms. The first-order valence-corrected chi connectivity index (χ1v) is 8.61. The van der Waals surface area contributed by atoms with Crippen LogP contribution in [-0.2, 0) is 15.0 Å². The number of H-pyrrole nitrogens is 1. The third kappa shape index (κ3) is 3.58. The number of halogens is 1. The van der Waals surface area contributed by atoms with Crippen molar-refractivity contribution in [3.63, 3.8) is 0 Å². The molecule has 2 amide bonds. The van der Waals surface area contributed by atoms with Crippen molar-refractivity contribution in [3.8, 4) is 0 Å². The number of benzene rings is 2. The number of amides is 2. The Morgan fingerprint density at radius 3 is 2.42 bits per heavy atom. The van der Waals surface area contributed by atoms with Crippen molar-refractivity contribution in [2.24, 2.45) is 0 Å². The number of aromatic amines is 1. The Kier molecular flexibility index (Phi) is 4.74. The van der Waals surface area contributed by atoms with E-state index in [1.54, 1.807) is 24.3 Å². The fourth-order valence-corrected chi connectivity index (χ4v) is 3.07. The molecule has 3 N–H and O–H groups in total. The molecule has 0 spiro atoms. The van der Waals surface area contributed by atoms with E-state index in [-0.39, 0.29) is 11.8 Å². The van der Waals surface area contributed by atoms with Crippen LogP contribution in [0.15, 0.2) is 48.7 Å². The molecule has 26 heavy (non-hydrogen) atoms. The largest absolute Gasteiger partial charge is 0.361 e. The van der Waals surface area contributed by atoms with Crippen molar-refractivity contribution in [2.75, 3.05) is 10.6 Å². The Morgan fingerprint density at radius 1 is 1.04 bits per heavy atom. The molecule has 0 radical (unpaired) electrons. The maximum Gasteiger partial charge on any atom is 0.234 e. The topological polar surface area (TPSA) is 74.0 Å². The smallest absolute Gasteiger partial charge is 0.234 e. The average molecular weight is 370 g/mol. The van der Waals surface area contributed by atoms with Gasteiger partial charge in [0.25, 0.3) is 0 Å². The van der Waals surface area contributed by atoms with Crippen molar-refractivity contribution < 1.29 is 9.59 Å². The molecule has 0 aliphatic heterocycles. The summed E-state index contributed by atoms with van der Waals surface area (Å²) in [5.41, 5.74) is 2.26. The SMILES string of the molecule is CC(=O)Nc1cccc(NC(=O)C(C)(C)c2c[nH]c3ccc(Cl)cc23)c1. The maximum absolute atomic E-state index is 12.9. The normalized spacial score (nSPS) is 11.4. The molecule has 5 nitrogen and oxygen atoms in total. The van der Waals surface area contributed by atoms with Gasteiger partial charge in [-0.2, -0.15) is 0 Å². The van der Waals surface area contributed by atoms with Crippen LogP contribution in [0.1, 0.15) is 26.3 Å². The van der Waals surface area contributed by atoms with Crippen LogP contribution in [0.2, 0.25) is 5.02 Å².